The fourth-order valence-electron chi connectivity index (χ4n) is 2.82. The standard InChI is InChI=1S/C14H25N5/c1-5-15-13-11(2)14(17-10-16-13)19(4)9-12-6-7-18(3)8-12/h10,12H,5-9H2,1-4H3,(H,15,16,17). The lowest BCUT2D eigenvalue weighted by atomic mass is 10.1. The number of nitrogens with zero attached hydrogens (tertiary/aromatic N) is 4. The summed E-state index contributed by atoms with van der Waals surface area (Å²) in [5.74, 6) is 2.73. The van der Waals surface area contributed by atoms with Crippen molar-refractivity contribution in [2.45, 2.75) is 20.3 Å². The number of hydrogen-bond acceptors (Lipinski definition) is 5. The number of anilines is 2. The molecule has 1 aromatic heterocycles. The average molecular weight is 263 g/mol. The van der Waals surface area contributed by atoms with Crippen molar-refractivity contribution in [1.82, 2.24) is 14.9 Å². The molecule has 5 heteroatoms. The van der Waals surface area contributed by atoms with Crippen LogP contribution in [0.5, 0.6) is 0 Å². The maximum absolute atomic E-state index is 4.44. The number of likely N-dealkylation sites (tertiary alicyclic amines) is 1. The average Bonchev–Trinajstić information content (AvgIpc) is 2.77. The lowest BCUT2D eigenvalue weighted by Gasteiger charge is -2.24. The van der Waals surface area contributed by atoms with Gasteiger partial charge in [0.1, 0.15) is 18.0 Å². The first-order chi connectivity index (χ1) is 9.11. The molecule has 0 amide bonds. The molecule has 106 valence electrons. The van der Waals surface area contributed by atoms with E-state index in [-0.39, 0.29) is 0 Å². The largest absolute Gasteiger partial charge is 0.370 e. The molecule has 2 rings (SSSR count). The summed E-state index contributed by atoms with van der Waals surface area (Å²) in [6.07, 6.45) is 2.93. The molecular weight excluding hydrogens is 238 g/mol. The zero-order valence-corrected chi connectivity index (χ0v) is 12.5. The van der Waals surface area contributed by atoms with Crippen LogP contribution in [-0.2, 0) is 0 Å². The van der Waals surface area contributed by atoms with Gasteiger partial charge in [-0.15, -0.1) is 0 Å². The Morgan fingerprint density at radius 1 is 1.47 bits per heavy atom. The van der Waals surface area contributed by atoms with Crippen LogP contribution in [0.4, 0.5) is 11.6 Å². The zero-order valence-electron chi connectivity index (χ0n) is 12.5. The Morgan fingerprint density at radius 3 is 2.89 bits per heavy atom. The van der Waals surface area contributed by atoms with Gasteiger partial charge in [-0.2, -0.15) is 0 Å². The van der Waals surface area contributed by atoms with Gasteiger partial charge < -0.3 is 15.1 Å². The predicted octanol–water partition coefficient (Wildman–Crippen LogP) is 1.60. The first-order valence-corrected chi connectivity index (χ1v) is 7.07. The molecule has 1 unspecified atom stereocenters. The summed E-state index contributed by atoms with van der Waals surface area (Å²) in [5, 5.41) is 3.29. The van der Waals surface area contributed by atoms with Gasteiger partial charge in [0.15, 0.2) is 0 Å². The minimum absolute atomic E-state index is 0.743. The zero-order chi connectivity index (χ0) is 13.8. The highest BCUT2D eigenvalue weighted by Gasteiger charge is 2.22. The topological polar surface area (TPSA) is 44.3 Å². The molecule has 1 fully saturated rings. The number of nitrogens with one attached hydrogen (secondary N) is 1. The summed E-state index contributed by atoms with van der Waals surface area (Å²) < 4.78 is 0. The van der Waals surface area contributed by atoms with Crippen LogP contribution in [0.1, 0.15) is 18.9 Å². The Balaban J connectivity index is 2.06. The van der Waals surface area contributed by atoms with Gasteiger partial charge in [-0.25, -0.2) is 9.97 Å². The Morgan fingerprint density at radius 2 is 2.26 bits per heavy atom. The van der Waals surface area contributed by atoms with E-state index in [0.717, 1.165) is 36.2 Å². The molecule has 0 saturated carbocycles. The molecule has 0 aromatic carbocycles. The van der Waals surface area contributed by atoms with Gasteiger partial charge in [-0.1, -0.05) is 0 Å². The first kappa shape index (κ1) is 14.1. The summed E-state index contributed by atoms with van der Waals surface area (Å²) >= 11 is 0. The van der Waals surface area contributed by atoms with Crippen molar-refractivity contribution in [3.05, 3.63) is 11.9 Å². The summed E-state index contributed by atoms with van der Waals surface area (Å²) in [6, 6.07) is 0. The van der Waals surface area contributed by atoms with E-state index in [0.29, 0.717) is 0 Å². The predicted molar refractivity (Wildman–Crippen MR) is 79.8 cm³/mol. The lowest BCUT2D eigenvalue weighted by molar-refractivity contribution is 0.395. The molecule has 5 nitrogen and oxygen atoms in total. The van der Waals surface area contributed by atoms with Crippen LogP contribution in [0.3, 0.4) is 0 Å². The summed E-state index contributed by atoms with van der Waals surface area (Å²) in [7, 11) is 4.32. The lowest BCUT2D eigenvalue weighted by Crippen LogP contribution is -2.28. The van der Waals surface area contributed by atoms with Crippen LogP contribution < -0.4 is 10.2 Å². The van der Waals surface area contributed by atoms with Gasteiger partial charge in [0, 0.05) is 32.2 Å². The third kappa shape index (κ3) is 3.35. The Kier molecular flexibility index (Phi) is 4.58. The molecule has 1 aliphatic heterocycles. The smallest absolute Gasteiger partial charge is 0.136 e. The van der Waals surface area contributed by atoms with Crippen molar-refractivity contribution in [2.24, 2.45) is 5.92 Å². The van der Waals surface area contributed by atoms with Gasteiger partial charge >= 0.3 is 0 Å². The van der Waals surface area contributed by atoms with Gasteiger partial charge in [-0.3, -0.25) is 0 Å². The first-order valence-electron chi connectivity index (χ1n) is 7.07. The van der Waals surface area contributed by atoms with Gasteiger partial charge in [-0.05, 0) is 39.8 Å². The molecule has 1 aromatic rings. The molecule has 0 aliphatic carbocycles. The van der Waals surface area contributed by atoms with Crippen molar-refractivity contribution in [2.75, 3.05) is 50.5 Å². The molecule has 1 atom stereocenters. The highest BCUT2D eigenvalue weighted by Crippen LogP contribution is 2.23. The minimum Gasteiger partial charge on any atom is -0.370 e. The van der Waals surface area contributed by atoms with Crippen molar-refractivity contribution in [3.63, 3.8) is 0 Å². The van der Waals surface area contributed by atoms with E-state index in [9.17, 15) is 0 Å². The highest BCUT2D eigenvalue weighted by atomic mass is 15.2. The quantitative estimate of drug-likeness (QED) is 0.874. The van der Waals surface area contributed by atoms with Gasteiger partial charge in [0.25, 0.3) is 0 Å². The maximum atomic E-state index is 4.44. The molecule has 1 saturated heterocycles. The minimum atomic E-state index is 0.743. The van der Waals surface area contributed by atoms with E-state index >= 15 is 0 Å². The normalized spacial score (nSPS) is 19.7. The SMILES string of the molecule is CCNc1ncnc(N(C)CC2CCN(C)C2)c1C. The van der Waals surface area contributed by atoms with Crippen molar-refractivity contribution in [3.8, 4) is 0 Å². The molecule has 19 heavy (non-hydrogen) atoms. The fraction of sp³-hybridized carbons (Fsp3) is 0.714. The van der Waals surface area contributed by atoms with Crippen molar-refractivity contribution >= 4 is 11.6 Å². The Hall–Kier alpha value is -1.36. The highest BCUT2D eigenvalue weighted by molar-refractivity contribution is 5.57. The van der Waals surface area contributed by atoms with E-state index in [1.165, 1.54) is 19.5 Å². The van der Waals surface area contributed by atoms with E-state index in [2.05, 4.69) is 53.0 Å². The Labute approximate surface area is 116 Å². The molecule has 0 spiro atoms. The van der Waals surface area contributed by atoms with Gasteiger partial charge in [0.2, 0.25) is 0 Å². The summed E-state index contributed by atoms with van der Waals surface area (Å²) in [6.45, 7) is 8.52. The van der Waals surface area contributed by atoms with Crippen molar-refractivity contribution in [1.29, 1.82) is 0 Å². The van der Waals surface area contributed by atoms with E-state index in [4.69, 9.17) is 0 Å². The molecule has 0 radical (unpaired) electrons. The van der Waals surface area contributed by atoms with E-state index < -0.39 is 0 Å². The second kappa shape index (κ2) is 6.19. The monoisotopic (exact) mass is 263 g/mol. The second-order valence-corrected chi connectivity index (χ2v) is 5.50. The molecule has 0 bridgehead atoms. The summed E-state index contributed by atoms with van der Waals surface area (Å²) in [5.41, 5.74) is 1.14. The van der Waals surface area contributed by atoms with Crippen LogP contribution >= 0.6 is 0 Å². The third-order valence-corrected chi connectivity index (χ3v) is 3.78. The summed E-state index contributed by atoms with van der Waals surface area (Å²) in [4.78, 5) is 13.4. The molecular formula is C14H25N5. The van der Waals surface area contributed by atoms with E-state index in [1.807, 2.05) is 0 Å². The van der Waals surface area contributed by atoms with Crippen molar-refractivity contribution < 1.29 is 0 Å². The molecule has 1 aliphatic rings. The van der Waals surface area contributed by atoms with Gasteiger partial charge in [0.05, 0.1) is 0 Å². The van der Waals surface area contributed by atoms with Crippen LogP contribution in [0, 0.1) is 12.8 Å². The molecule has 1 N–H and O–H groups in total. The number of rotatable bonds is 5. The van der Waals surface area contributed by atoms with Crippen LogP contribution in [0.15, 0.2) is 6.33 Å². The second-order valence-electron chi connectivity index (χ2n) is 5.50. The van der Waals surface area contributed by atoms with E-state index in [1.54, 1.807) is 6.33 Å². The van der Waals surface area contributed by atoms with Crippen LogP contribution in [-0.4, -0.2) is 55.1 Å². The van der Waals surface area contributed by atoms with Crippen LogP contribution in [0.25, 0.3) is 0 Å². The molecule has 2 heterocycles. The number of aromatic nitrogens is 2. The maximum Gasteiger partial charge on any atom is 0.136 e. The fourth-order valence-corrected chi connectivity index (χ4v) is 2.82. The Bertz CT molecular complexity index is 420. The number of hydrogen-bond donors (Lipinski definition) is 1. The van der Waals surface area contributed by atoms with Crippen LogP contribution in [0.2, 0.25) is 0 Å². The third-order valence-electron chi connectivity index (χ3n) is 3.78.